The highest BCUT2D eigenvalue weighted by molar-refractivity contribution is 5.98. The number of aromatic nitrogens is 3. The van der Waals surface area contributed by atoms with Crippen molar-refractivity contribution in [1.82, 2.24) is 20.0 Å². The Kier molecular flexibility index (Phi) is 3.91. The van der Waals surface area contributed by atoms with Crippen molar-refractivity contribution in [3.05, 3.63) is 60.7 Å². The van der Waals surface area contributed by atoms with Crippen molar-refractivity contribution in [3.63, 3.8) is 0 Å². The molecule has 0 atom stereocenters. The Hall–Kier alpha value is -3.02. The fourth-order valence-electron chi connectivity index (χ4n) is 2.11. The van der Waals surface area contributed by atoms with Gasteiger partial charge < -0.3 is 4.57 Å². The number of para-hydroxylation sites is 2. The van der Waals surface area contributed by atoms with Crippen LogP contribution >= 0.6 is 0 Å². The van der Waals surface area contributed by atoms with E-state index in [0.29, 0.717) is 5.71 Å². The van der Waals surface area contributed by atoms with Crippen molar-refractivity contribution in [3.8, 4) is 0 Å². The summed E-state index contributed by atoms with van der Waals surface area (Å²) >= 11 is 0. The van der Waals surface area contributed by atoms with E-state index in [2.05, 4.69) is 20.5 Å². The van der Waals surface area contributed by atoms with Crippen LogP contribution in [0, 0.1) is 0 Å². The van der Waals surface area contributed by atoms with Crippen LogP contribution in [0.4, 0.5) is 0 Å². The zero-order valence-corrected chi connectivity index (χ0v) is 12.1. The smallest absolute Gasteiger partial charge is 0.260 e. The van der Waals surface area contributed by atoms with Crippen LogP contribution < -0.4 is 5.43 Å². The highest BCUT2D eigenvalue weighted by Crippen LogP contribution is 2.11. The number of carbonyl (C=O) groups is 1. The number of nitrogens with zero attached hydrogens (tertiary/aromatic N) is 4. The number of nitrogens with one attached hydrogen (secondary N) is 1. The summed E-state index contributed by atoms with van der Waals surface area (Å²) < 4.78 is 1.79. The Labute approximate surface area is 127 Å². The van der Waals surface area contributed by atoms with Gasteiger partial charge in [-0.15, -0.1) is 0 Å². The summed E-state index contributed by atoms with van der Waals surface area (Å²) in [6, 6.07) is 11.4. The molecule has 0 aliphatic carbocycles. The number of benzene rings is 1. The number of carbonyl (C=O) groups excluding carboxylic acids is 1. The van der Waals surface area contributed by atoms with Gasteiger partial charge in [0.25, 0.3) is 5.91 Å². The molecule has 0 unspecified atom stereocenters. The van der Waals surface area contributed by atoms with E-state index in [-0.39, 0.29) is 12.5 Å². The number of rotatable bonds is 4. The number of hydrogen-bond acceptors (Lipinski definition) is 4. The maximum atomic E-state index is 12.0. The molecule has 2 aromatic heterocycles. The summed E-state index contributed by atoms with van der Waals surface area (Å²) in [6.45, 7) is 1.99. The molecule has 22 heavy (non-hydrogen) atoms. The molecule has 0 aliphatic heterocycles. The minimum Gasteiger partial charge on any atom is -0.321 e. The van der Waals surface area contributed by atoms with E-state index in [1.54, 1.807) is 23.3 Å². The van der Waals surface area contributed by atoms with Gasteiger partial charge in [0.2, 0.25) is 0 Å². The summed E-state index contributed by atoms with van der Waals surface area (Å²) in [5.41, 5.74) is 5.92. The fourth-order valence-corrected chi connectivity index (χ4v) is 2.11. The third kappa shape index (κ3) is 3.01. The third-order valence-electron chi connectivity index (χ3n) is 3.27. The molecule has 0 fully saturated rings. The molecule has 0 spiro atoms. The van der Waals surface area contributed by atoms with E-state index in [1.165, 1.54) is 0 Å². The quantitative estimate of drug-likeness (QED) is 0.590. The first kappa shape index (κ1) is 13.9. The molecular formula is C16H15N5O. The summed E-state index contributed by atoms with van der Waals surface area (Å²) in [5.74, 6) is -0.202. The van der Waals surface area contributed by atoms with Crippen molar-refractivity contribution >= 4 is 22.7 Å². The number of imidazole rings is 1. The maximum Gasteiger partial charge on any atom is 0.260 e. The summed E-state index contributed by atoms with van der Waals surface area (Å²) in [4.78, 5) is 20.3. The molecule has 1 N–H and O–H groups in total. The van der Waals surface area contributed by atoms with Crippen molar-refractivity contribution < 1.29 is 4.79 Å². The van der Waals surface area contributed by atoms with E-state index in [0.717, 1.165) is 16.6 Å². The zero-order valence-electron chi connectivity index (χ0n) is 12.1. The van der Waals surface area contributed by atoms with Gasteiger partial charge >= 0.3 is 0 Å². The Morgan fingerprint density at radius 2 is 2.14 bits per heavy atom. The van der Waals surface area contributed by atoms with E-state index >= 15 is 0 Å². The zero-order chi connectivity index (χ0) is 15.4. The van der Waals surface area contributed by atoms with Crippen LogP contribution in [0.15, 0.2) is 60.2 Å². The average Bonchev–Trinajstić information content (AvgIpc) is 2.97. The molecule has 2 heterocycles. The summed E-state index contributed by atoms with van der Waals surface area (Å²) in [5, 5.41) is 4.10. The topological polar surface area (TPSA) is 72.2 Å². The Balaban J connectivity index is 1.68. The minimum atomic E-state index is -0.202. The lowest BCUT2D eigenvalue weighted by Gasteiger charge is -2.04. The summed E-state index contributed by atoms with van der Waals surface area (Å²) in [6.07, 6.45) is 5.05. The number of hydrogen-bond donors (Lipinski definition) is 1. The standard InChI is InChI=1S/C16H15N5O/c1-12(13-5-4-8-17-9-13)19-20-16(22)10-21-11-18-14-6-2-3-7-15(14)21/h2-9,11H,10H2,1H3,(H,20,22)/b19-12+. The normalized spacial score (nSPS) is 11.6. The lowest BCUT2D eigenvalue weighted by Crippen LogP contribution is -2.24. The SMILES string of the molecule is C/C(=N\NC(=O)Cn1cnc2ccccc21)c1cccnc1. The molecule has 0 aliphatic rings. The second kappa shape index (κ2) is 6.17. The molecule has 6 nitrogen and oxygen atoms in total. The molecule has 6 heteroatoms. The molecule has 0 saturated heterocycles. The van der Waals surface area contributed by atoms with Gasteiger partial charge in [0.05, 0.1) is 23.1 Å². The van der Waals surface area contributed by atoms with Gasteiger partial charge in [-0.1, -0.05) is 18.2 Å². The third-order valence-corrected chi connectivity index (χ3v) is 3.27. The molecular weight excluding hydrogens is 278 g/mol. The molecule has 110 valence electrons. The van der Waals surface area contributed by atoms with Crippen LogP contribution in [0.5, 0.6) is 0 Å². The first-order valence-corrected chi connectivity index (χ1v) is 6.87. The molecule has 3 rings (SSSR count). The van der Waals surface area contributed by atoms with Crippen LogP contribution in [0.3, 0.4) is 0 Å². The number of fused-ring (bicyclic) bond motifs is 1. The van der Waals surface area contributed by atoms with Crippen LogP contribution in [0.2, 0.25) is 0 Å². The van der Waals surface area contributed by atoms with Crippen LogP contribution in [-0.2, 0) is 11.3 Å². The lowest BCUT2D eigenvalue weighted by atomic mass is 10.2. The van der Waals surface area contributed by atoms with Gasteiger partial charge in [0.15, 0.2) is 0 Å². The first-order chi connectivity index (χ1) is 10.7. The minimum absolute atomic E-state index is 0.171. The number of amides is 1. The van der Waals surface area contributed by atoms with Crippen molar-refractivity contribution in [2.45, 2.75) is 13.5 Å². The molecule has 0 radical (unpaired) electrons. The van der Waals surface area contributed by atoms with E-state index in [4.69, 9.17) is 0 Å². The van der Waals surface area contributed by atoms with Crippen LogP contribution in [0.1, 0.15) is 12.5 Å². The molecule has 3 aromatic rings. The molecule has 1 aromatic carbocycles. The van der Waals surface area contributed by atoms with Gasteiger partial charge in [-0.2, -0.15) is 5.10 Å². The highest BCUT2D eigenvalue weighted by atomic mass is 16.2. The molecule has 1 amide bonds. The Bertz CT molecular complexity index is 823. The van der Waals surface area contributed by atoms with Gasteiger partial charge in [0, 0.05) is 18.0 Å². The largest absolute Gasteiger partial charge is 0.321 e. The predicted molar refractivity (Wildman–Crippen MR) is 84.3 cm³/mol. The second-order valence-corrected chi connectivity index (χ2v) is 4.84. The van der Waals surface area contributed by atoms with E-state index < -0.39 is 0 Å². The first-order valence-electron chi connectivity index (χ1n) is 6.87. The highest BCUT2D eigenvalue weighted by Gasteiger charge is 2.06. The van der Waals surface area contributed by atoms with Gasteiger partial charge in [-0.3, -0.25) is 9.78 Å². The van der Waals surface area contributed by atoms with Gasteiger partial charge in [-0.05, 0) is 25.1 Å². The Morgan fingerprint density at radius 1 is 1.27 bits per heavy atom. The van der Waals surface area contributed by atoms with E-state index in [1.807, 2.05) is 43.3 Å². The van der Waals surface area contributed by atoms with Crippen molar-refractivity contribution in [2.24, 2.45) is 5.10 Å². The number of hydrazone groups is 1. The maximum absolute atomic E-state index is 12.0. The van der Waals surface area contributed by atoms with Crippen LogP contribution in [-0.4, -0.2) is 26.2 Å². The predicted octanol–water partition coefficient (Wildman–Crippen LogP) is 1.97. The van der Waals surface area contributed by atoms with Gasteiger partial charge in [0.1, 0.15) is 6.54 Å². The molecule has 0 saturated carbocycles. The Morgan fingerprint density at radius 3 is 2.95 bits per heavy atom. The molecule has 0 bridgehead atoms. The van der Waals surface area contributed by atoms with Crippen LogP contribution in [0.25, 0.3) is 11.0 Å². The monoisotopic (exact) mass is 293 g/mol. The second-order valence-electron chi connectivity index (χ2n) is 4.84. The number of pyridine rings is 1. The van der Waals surface area contributed by atoms with Crippen molar-refractivity contribution in [2.75, 3.05) is 0 Å². The fraction of sp³-hybridized carbons (Fsp3) is 0.125. The van der Waals surface area contributed by atoms with E-state index in [9.17, 15) is 4.79 Å². The van der Waals surface area contributed by atoms with Crippen molar-refractivity contribution in [1.29, 1.82) is 0 Å². The average molecular weight is 293 g/mol. The lowest BCUT2D eigenvalue weighted by molar-refractivity contribution is -0.121. The summed E-state index contributed by atoms with van der Waals surface area (Å²) in [7, 11) is 0. The van der Waals surface area contributed by atoms with Gasteiger partial charge in [-0.25, -0.2) is 10.4 Å².